The van der Waals surface area contributed by atoms with Crippen molar-refractivity contribution in [1.29, 1.82) is 0 Å². The molecule has 0 bridgehead atoms. The minimum absolute atomic E-state index is 0.509. The predicted octanol–water partition coefficient (Wildman–Crippen LogP) is 4.26. The molecule has 2 aromatic rings. The van der Waals surface area contributed by atoms with Crippen molar-refractivity contribution in [3.05, 3.63) is 69.7 Å². The molecule has 2 aliphatic rings. The van der Waals surface area contributed by atoms with E-state index < -0.39 is 0 Å². The van der Waals surface area contributed by atoms with Gasteiger partial charge in [0.2, 0.25) is 0 Å². The minimum Gasteiger partial charge on any atom is -0.309 e. The molecule has 2 unspecified atom stereocenters. The maximum atomic E-state index is 6.07. The maximum Gasteiger partial charge on any atom is 0.0408 e. The van der Waals surface area contributed by atoms with Gasteiger partial charge in [-0.25, -0.2) is 0 Å². The van der Waals surface area contributed by atoms with Crippen LogP contribution < -0.4 is 5.32 Å². The first-order chi connectivity index (χ1) is 9.81. The van der Waals surface area contributed by atoms with E-state index >= 15 is 0 Å². The second-order valence-corrected chi connectivity index (χ2v) is 6.38. The summed E-state index contributed by atoms with van der Waals surface area (Å²) >= 11 is 6.07. The van der Waals surface area contributed by atoms with Crippen LogP contribution in [0.3, 0.4) is 0 Å². The van der Waals surface area contributed by atoms with Crippen molar-refractivity contribution >= 4 is 11.6 Å². The van der Waals surface area contributed by atoms with Crippen molar-refractivity contribution < 1.29 is 0 Å². The van der Waals surface area contributed by atoms with Crippen LogP contribution in [0.25, 0.3) is 0 Å². The van der Waals surface area contributed by atoms with E-state index in [4.69, 9.17) is 11.6 Å². The summed E-state index contributed by atoms with van der Waals surface area (Å²) in [7, 11) is 0. The molecule has 0 aliphatic heterocycles. The first-order valence-corrected chi connectivity index (χ1v) is 7.78. The van der Waals surface area contributed by atoms with E-state index in [1.54, 1.807) is 0 Å². The van der Waals surface area contributed by atoms with Crippen LogP contribution in [0, 0.1) is 0 Å². The molecule has 2 aromatic carbocycles. The zero-order valence-corrected chi connectivity index (χ0v) is 12.2. The van der Waals surface area contributed by atoms with Gasteiger partial charge < -0.3 is 5.32 Å². The van der Waals surface area contributed by atoms with Crippen molar-refractivity contribution in [3.63, 3.8) is 0 Å². The number of halogens is 1. The van der Waals surface area contributed by atoms with Crippen LogP contribution in [0.5, 0.6) is 0 Å². The topological polar surface area (TPSA) is 12.0 Å². The van der Waals surface area contributed by atoms with Gasteiger partial charge >= 0.3 is 0 Å². The van der Waals surface area contributed by atoms with Gasteiger partial charge in [-0.15, -0.1) is 0 Å². The van der Waals surface area contributed by atoms with Gasteiger partial charge in [0.05, 0.1) is 0 Å². The normalized spacial score (nSPS) is 23.1. The highest BCUT2D eigenvalue weighted by Gasteiger charge is 2.28. The second kappa shape index (κ2) is 4.91. The Balaban J connectivity index is 1.43. The summed E-state index contributed by atoms with van der Waals surface area (Å²) in [5, 5.41) is 4.62. The number of rotatable bonds is 3. The standard InChI is InChI=1S/C18H18ClN/c19-15-6-7-17-13(10-15)5-8-18(17)20-11-14-9-12-3-1-2-4-16(12)14/h1-4,6-7,10,14,18,20H,5,8-9,11H2. The number of aryl methyl sites for hydroxylation is 1. The van der Waals surface area contributed by atoms with Gasteiger partial charge in [-0.1, -0.05) is 41.9 Å². The smallest absolute Gasteiger partial charge is 0.0408 e. The molecule has 2 atom stereocenters. The average molecular weight is 284 g/mol. The number of hydrogen-bond donors (Lipinski definition) is 1. The molecule has 0 amide bonds. The molecule has 0 spiro atoms. The van der Waals surface area contributed by atoms with Crippen LogP contribution in [0.15, 0.2) is 42.5 Å². The van der Waals surface area contributed by atoms with E-state index in [1.165, 1.54) is 35.1 Å². The Morgan fingerprint density at radius 2 is 1.95 bits per heavy atom. The van der Waals surface area contributed by atoms with Gasteiger partial charge in [-0.3, -0.25) is 0 Å². The quantitative estimate of drug-likeness (QED) is 0.888. The second-order valence-electron chi connectivity index (χ2n) is 5.94. The summed E-state index contributed by atoms with van der Waals surface area (Å²) in [6.07, 6.45) is 3.57. The summed E-state index contributed by atoms with van der Waals surface area (Å²) in [6, 6.07) is 15.6. The molecule has 0 aromatic heterocycles. The summed E-state index contributed by atoms with van der Waals surface area (Å²) < 4.78 is 0. The van der Waals surface area contributed by atoms with Crippen molar-refractivity contribution in [3.8, 4) is 0 Å². The Hall–Kier alpha value is -1.31. The van der Waals surface area contributed by atoms with E-state index in [2.05, 4.69) is 41.7 Å². The highest BCUT2D eigenvalue weighted by molar-refractivity contribution is 6.30. The lowest BCUT2D eigenvalue weighted by Gasteiger charge is -2.31. The van der Waals surface area contributed by atoms with Gasteiger partial charge in [-0.2, -0.15) is 0 Å². The highest BCUT2D eigenvalue weighted by Crippen LogP contribution is 2.36. The Morgan fingerprint density at radius 3 is 2.85 bits per heavy atom. The predicted molar refractivity (Wildman–Crippen MR) is 83.4 cm³/mol. The Morgan fingerprint density at radius 1 is 1.05 bits per heavy atom. The largest absolute Gasteiger partial charge is 0.309 e. The molecule has 1 N–H and O–H groups in total. The van der Waals surface area contributed by atoms with Crippen molar-refractivity contribution in [2.45, 2.75) is 31.2 Å². The summed E-state index contributed by atoms with van der Waals surface area (Å²) in [4.78, 5) is 0. The number of nitrogens with one attached hydrogen (secondary N) is 1. The zero-order valence-electron chi connectivity index (χ0n) is 11.4. The van der Waals surface area contributed by atoms with E-state index in [0.29, 0.717) is 12.0 Å². The molecule has 2 heteroatoms. The van der Waals surface area contributed by atoms with Gasteiger partial charge in [0.15, 0.2) is 0 Å². The van der Waals surface area contributed by atoms with Crippen LogP contribution in [0.4, 0.5) is 0 Å². The monoisotopic (exact) mass is 283 g/mol. The van der Waals surface area contributed by atoms with E-state index in [-0.39, 0.29) is 0 Å². The third kappa shape index (κ3) is 2.06. The van der Waals surface area contributed by atoms with Crippen molar-refractivity contribution in [1.82, 2.24) is 5.32 Å². The molecule has 1 nitrogen and oxygen atoms in total. The van der Waals surface area contributed by atoms with Crippen molar-refractivity contribution in [2.75, 3.05) is 6.54 Å². The van der Waals surface area contributed by atoms with Crippen molar-refractivity contribution in [2.24, 2.45) is 0 Å². The summed E-state index contributed by atoms with van der Waals surface area (Å²) in [5.74, 6) is 0.697. The van der Waals surface area contributed by atoms with Gasteiger partial charge in [0.1, 0.15) is 0 Å². The first-order valence-electron chi connectivity index (χ1n) is 7.41. The summed E-state index contributed by atoms with van der Waals surface area (Å²) in [5.41, 5.74) is 5.93. The minimum atomic E-state index is 0.509. The third-order valence-corrected chi connectivity index (χ3v) is 4.99. The Kier molecular flexibility index (Phi) is 3.05. The zero-order chi connectivity index (χ0) is 13.5. The Bertz CT molecular complexity index is 650. The van der Waals surface area contributed by atoms with Crippen LogP contribution in [0.1, 0.15) is 40.6 Å². The van der Waals surface area contributed by atoms with E-state index in [0.717, 1.165) is 18.0 Å². The number of benzene rings is 2. The SMILES string of the molecule is Clc1ccc2c(c1)CCC2NCC1Cc2ccccc21. The Labute approximate surface area is 125 Å². The van der Waals surface area contributed by atoms with E-state index in [9.17, 15) is 0 Å². The fourth-order valence-corrected chi connectivity index (χ4v) is 3.82. The molecule has 0 radical (unpaired) electrons. The van der Waals surface area contributed by atoms with Gasteiger partial charge in [0.25, 0.3) is 0 Å². The van der Waals surface area contributed by atoms with Gasteiger partial charge in [0, 0.05) is 23.5 Å². The lowest BCUT2D eigenvalue weighted by Crippen LogP contribution is -2.31. The average Bonchev–Trinajstić information content (AvgIpc) is 2.82. The third-order valence-electron chi connectivity index (χ3n) is 4.75. The molecule has 0 saturated heterocycles. The van der Waals surface area contributed by atoms with Crippen LogP contribution >= 0.6 is 11.6 Å². The van der Waals surface area contributed by atoms with E-state index in [1.807, 2.05) is 6.07 Å². The highest BCUT2D eigenvalue weighted by atomic mass is 35.5. The number of hydrogen-bond acceptors (Lipinski definition) is 1. The summed E-state index contributed by atoms with van der Waals surface area (Å²) in [6.45, 7) is 1.09. The molecule has 20 heavy (non-hydrogen) atoms. The first kappa shape index (κ1) is 12.4. The van der Waals surface area contributed by atoms with Gasteiger partial charge in [-0.05, 0) is 53.6 Å². The van der Waals surface area contributed by atoms with Crippen LogP contribution in [0.2, 0.25) is 5.02 Å². The number of fused-ring (bicyclic) bond motifs is 2. The molecule has 2 aliphatic carbocycles. The molecule has 0 fully saturated rings. The molecule has 102 valence electrons. The van der Waals surface area contributed by atoms with Crippen LogP contribution in [-0.4, -0.2) is 6.54 Å². The molecule has 0 heterocycles. The fraction of sp³-hybridized carbons (Fsp3) is 0.333. The molecular formula is C18H18ClN. The lowest BCUT2D eigenvalue weighted by molar-refractivity contribution is 0.467. The lowest BCUT2D eigenvalue weighted by atomic mass is 9.77. The molecular weight excluding hydrogens is 266 g/mol. The van der Waals surface area contributed by atoms with Crippen LogP contribution in [-0.2, 0) is 12.8 Å². The molecule has 4 rings (SSSR count). The molecule has 0 saturated carbocycles. The maximum absolute atomic E-state index is 6.07. The fourth-order valence-electron chi connectivity index (χ4n) is 3.63.